The number of carbonyl (C=O) groups is 2. The van der Waals surface area contributed by atoms with Crippen molar-refractivity contribution in [1.82, 2.24) is 14.9 Å². The fraction of sp³-hybridized carbons (Fsp3) is 0.161. The first-order chi connectivity index (χ1) is 22.0. The third kappa shape index (κ3) is 8.82. The molecule has 0 saturated heterocycles. The largest absolute Gasteiger partial charge is 0.493 e. The highest BCUT2D eigenvalue weighted by Crippen LogP contribution is 2.35. The molecule has 0 radical (unpaired) electrons. The Hall–Kier alpha value is -5.51. The Kier molecular flexibility index (Phi) is 10.1. The van der Waals surface area contributed by atoms with E-state index in [0.717, 1.165) is 48.0 Å². The van der Waals surface area contributed by atoms with Crippen LogP contribution in [0.2, 0.25) is 0 Å². The number of carbonyl (C=O) groups excluding carboxylic acids is 2. The van der Waals surface area contributed by atoms with E-state index in [1.165, 1.54) is 6.20 Å². The van der Waals surface area contributed by atoms with Gasteiger partial charge in [-0.05, 0) is 73.8 Å². The molecule has 1 heterocycles. The fourth-order valence-electron chi connectivity index (χ4n) is 4.08. The summed E-state index contributed by atoms with van der Waals surface area (Å²) in [6, 6.07) is 13.7. The molecular formula is C31H25F7N6O3. The number of rotatable bonds is 9. The molecule has 9 nitrogen and oxygen atoms in total. The Morgan fingerprint density at radius 1 is 0.936 bits per heavy atom. The van der Waals surface area contributed by atoms with Gasteiger partial charge >= 0.3 is 18.3 Å². The molecule has 0 aliphatic rings. The maximum atomic E-state index is 15.1. The van der Waals surface area contributed by atoms with E-state index in [2.05, 4.69) is 32.0 Å². The number of aromatic nitrogens is 2. The second-order valence-electron chi connectivity index (χ2n) is 10.1. The lowest BCUT2D eigenvalue weighted by atomic mass is 10.1. The summed E-state index contributed by atoms with van der Waals surface area (Å²) in [5.41, 5.74) is 0.000578. The molecule has 1 aromatic heterocycles. The number of benzene rings is 3. The number of amides is 1. The van der Waals surface area contributed by atoms with E-state index in [9.17, 15) is 35.9 Å². The second-order valence-corrected chi connectivity index (χ2v) is 10.1. The van der Waals surface area contributed by atoms with Crippen LogP contribution in [0, 0.1) is 5.82 Å². The molecule has 0 fully saturated rings. The first kappa shape index (κ1) is 34.4. The molecule has 246 valence electrons. The van der Waals surface area contributed by atoms with Crippen LogP contribution in [0.3, 0.4) is 0 Å². The highest BCUT2D eigenvalue weighted by atomic mass is 19.4. The first-order valence-corrected chi connectivity index (χ1v) is 13.4. The van der Waals surface area contributed by atoms with Crippen LogP contribution in [0.15, 0.2) is 85.6 Å². The molecule has 0 unspecified atom stereocenters. The highest BCUT2D eigenvalue weighted by molar-refractivity contribution is 6.01. The van der Waals surface area contributed by atoms with Crippen LogP contribution in [0.1, 0.15) is 11.1 Å². The average molecular weight is 663 g/mol. The summed E-state index contributed by atoms with van der Waals surface area (Å²) in [4.78, 5) is 38.6. The number of hydrogen-bond donors (Lipinski definition) is 2. The van der Waals surface area contributed by atoms with Crippen molar-refractivity contribution in [3.05, 3.63) is 103 Å². The predicted octanol–water partition coefficient (Wildman–Crippen LogP) is 7.39. The minimum Gasteiger partial charge on any atom is -0.337 e. The molecule has 0 atom stereocenters. The normalized spacial score (nSPS) is 11.6. The van der Waals surface area contributed by atoms with Crippen molar-refractivity contribution >= 4 is 40.7 Å². The van der Waals surface area contributed by atoms with Gasteiger partial charge in [-0.15, -0.1) is 5.06 Å². The summed E-state index contributed by atoms with van der Waals surface area (Å²) in [5.74, 6) is -5.14. The van der Waals surface area contributed by atoms with Crippen LogP contribution in [0.4, 0.5) is 59.6 Å². The number of hydroxylamine groups is 1. The van der Waals surface area contributed by atoms with E-state index in [0.29, 0.717) is 18.3 Å². The number of anilines is 5. The van der Waals surface area contributed by atoms with Gasteiger partial charge in [0.2, 0.25) is 5.95 Å². The number of halogens is 7. The van der Waals surface area contributed by atoms with Crippen LogP contribution in [0.5, 0.6) is 0 Å². The number of nitrogens with zero attached hydrogens (tertiary/aromatic N) is 4. The molecule has 2 N–H and O–H groups in total. The molecule has 4 rings (SSSR count). The lowest BCUT2D eigenvalue weighted by Gasteiger charge is -2.21. The fourth-order valence-corrected chi connectivity index (χ4v) is 4.08. The van der Waals surface area contributed by atoms with Gasteiger partial charge in [0.25, 0.3) is 5.91 Å². The van der Waals surface area contributed by atoms with Crippen molar-refractivity contribution in [1.29, 1.82) is 0 Å². The summed E-state index contributed by atoms with van der Waals surface area (Å²) in [7, 11) is 3.82. The van der Waals surface area contributed by atoms with Gasteiger partial charge in [0.15, 0.2) is 0 Å². The molecule has 16 heteroatoms. The smallest absolute Gasteiger partial charge is 0.337 e. The Bertz CT molecular complexity index is 1760. The van der Waals surface area contributed by atoms with Crippen molar-refractivity contribution in [2.75, 3.05) is 29.8 Å². The SMILES string of the molecule is C=CC(=O)N(OC(=O)C(F)(F)F)c1ccc(F)c(Nc2nc(Nc3ccc(CN(C)C)cc3)ncc2-c2ccc(C(F)(F)F)cc2)c1. The van der Waals surface area contributed by atoms with Gasteiger partial charge in [0.05, 0.1) is 16.9 Å². The molecule has 0 bridgehead atoms. The maximum Gasteiger partial charge on any atom is 0.493 e. The van der Waals surface area contributed by atoms with Crippen LogP contribution < -0.4 is 15.7 Å². The monoisotopic (exact) mass is 662 g/mol. The summed E-state index contributed by atoms with van der Waals surface area (Å²) in [5, 5.41) is 5.60. The van der Waals surface area contributed by atoms with Gasteiger partial charge in [0, 0.05) is 24.0 Å². The van der Waals surface area contributed by atoms with Crippen LogP contribution in [-0.2, 0) is 27.1 Å². The second kappa shape index (κ2) is 13.9. The Labute approximate surface area is 263 Å². The van der Waals surface area contributed by atoms with E-state index in [-0.39, 0.29) is 28.0 Å². The molecule has 0 saturated carbocycles. The Balaban J connectivity index is 1.75. The van der Waals surface area contributed by atoms with Crippen molar-refractivity contribution in [3.63, 3.8) is 0 Å². The molecule has 1 amide bonds. The van der Waals surface area contributed by atoms with Crippen molar-refractivity contribution < 1.29 is 45.2 Å². The topological polar surface area (TPSA) is 99.7 Å². The average Bonchev–Trinajstić information content (AvgIpc) is 3.00. The van der Waals surface area contributed by atoms with Gasteiger partial charge in [-0.25, -0.2) is 14.2 Å². The van der Waals surface area contributed by atoms with E-state index < -0.39 is 47.0 Å². The molecule has 3 aromatic carbocycles. The number of alkyl halides is 6. The summed E-state index contributed by atoms with van der Waals surface area (Å²) >= 11 is 0. The van der Waals surface area contributed by atoms with Crippen LogP contribution >= 0.6 is 0 Å². The van der Waals surface area contributed by atoms with E-state index in [4.69, 9.17) is 0 Å². The van der Waals surface area contributed by atoms with E-state index in [1.807, 2.05) is 31.1 Å². The van der Waals surface area contributed by atoms with Crippen molar-refractivity contribution in [2.24, 2.45) is 0 Å². The zero-order valence-corrected chi connectivity index (χ0v) is 24.6. The summed E-state index contributed by atoms with van der Waals surface area (Å²) in [6.07, 6.45) is -8.24. The Morgan fingerprint density at radius 3 is 2.17 bits per heavy atom. The molecule has 0 aliphatic carbocycles. The highest BCUT2D eigenvalue weighted by Gasteiger charge is 2.43. The minimum absolute atomic E-state index is 0.0114. The molecule has 47 heavy (non-hydrogen) atoms. The summed E-state index contributed by atoms with van der Waals surface area (Å²) in [6.45, 7) is 3.85. The molecule has 0 spiro atoms. The third-order valence-corrected chi connectivity index (χ3v) is 6.24. The standard InChI is InChI=1S/C31H25F7N6O3/c1-4-26(45)44(47-28(46)31(36,37)38)22-13-14-24(32)25(15-22)41-27-23(19-7-9-20(10-8-19)30(33,34)35)16-39-29(42-27)40-21-11-5-18(6-12-21)17-43(2)3/h4-16H,1,17H2,2-3H3,(H2,39,40,41,42). The van der Waals surface area contributed by atoms with Gasteiger partial charge < -0.3 is 20.4 Å². The van der Waals surface area contributed by atoms with Crippen LogP contribution in [0.25, 0.3) is 11.1 Å². The lowest BCUT2D eigenvalue weighted by molar-refractivity contribution is -0.201. The Morgan fingerprint density at radius 2 is 1.60 bits per heavy atom. The summed E-state index contributed by atoms with van der Waals surface area (Å²) < 4.78 is 93.3. The van der Waals surface area contributed by atoms with Gasteiger partial charge in [-0.1, -0.05) is 30.8 Å². The zero-order chi connectivity index (χ0) is 34.5. The third-order valence-electron chi connectivity index (χ3n) is 6.24. The van der Waals surface area contributed by atoms with Crippen LogP contribution in [-0.4, -0.2) is 47.0 Å². The van der Waals surface area contributed by atoms with E-state index >= 15 is 4.39 Å². The molecular weight excluding hydrogens is 637 g/mol. The van der Waals surface area contributed by atoms with E-state index in [1.54, 1.807) is 12.1 Å². The van der Waals surface area contributed by atoms with Crippen molar-refractivity contribution in [2.45, 2.75) is 18.9 Å². The lowest BCUT2D eigenvalue weighted by Crippen LogP contribution is -2.38. The number of hydrogen-bond acceptors (Lipinski definition) is 8. The van der Waals surface area contributed by atoms with Gasteiger partial charge in [0.1, 0.15) is 11.6 Å². The molecule has 4 aromatic rings. The number of nitrogens with one attached hydrogen (secondary N) is 2. The zero-order valence-electron chi connectivity index (χ0n) is 24.6. The van der Waals surface area contributed by atoms with Gasteiger partial charge in [-0.3, -0.25) is 4.79 Å². The quantitative estimate of drug-likeness (QED) is 0.109. The van der Waals surface area contributed by atoms with Gasteiger partial charge in [-0.2, -0.15) is 31.3 Å². The maximum absolute atomic E-state index is 15.1. The van der Waals surface area contributed by atoms with Crippen molar-refractivity contribution in [3.8, 4) is 11.1 Å². The minimum atomic E-state index is -5.46. The first-order valence-electron chi connectivity index (χ1n) is 13.4. The predicted molar refractivity (Wildman–Crippen MR) is 159 cm³/mol. The molecule has 0 aliphatic heterocycles.